The molecule has 0 aliphatic carbocycles. The highest BCUT2D eigenvalue weighted by Gasteiger charge is 1.70. The number of hydrogen-bond donors (Lipinski definition) is 2. The Balaban J connectivity index is 0. The highest BCUT2D eigenvalue weighted by molar-refractivity contribution is 7.51. The SMILES string of the molecule is O=C(O)O.O=S=O. The summed E-state index contributed by atoms with van der Waals surface area (Å²) in [5.41, 5.74) is 0. The monoisotopic (exact) mass is 126 g/mol. The number of carboxylic acid groups (broad SMARTS) is 2. The normalized spacial score (nSPS) is 5.14. The maximum atomic E-state index is 8.56. The molecule has 6 heteroatoms. The summed E-state index contributed by atoms with van der Waals surface area (Å²) < 4.78 is 16.6. The molecule has 0 unspecified atom stereocenters. The minimum atomic E-state index is -1.83. The first-order chi connectivity index (χ1) is 3.15. The topological polar surface area (TPSA) is 91.7 Å². The van der Waals surface area contributed by atoms with Crippen molar-refractivity contribution in [2.75, 3.05) is 0 Å². The van der Waals surface area contributed by atoms with Crippen molar-refractivity contribution >= 4 is 17.7 Å². The molecule has 0 amide bonds. The van der Waals surface area contributed by atoms with Crippen molar-refractivity contribution < 1.29 is 23.4 Å². The molecule has 0 aromatic rings. The van der Waals surface area contributed by atoms with Crippen LogP contribution in [-0.2, 0) is 11.6 Å². The fourth-order valence-corrected chi connectivity index (χ4v) is 0. The van der Waals surface area contributed by atoms with Crippen molar-refractivity contribution in [3.8, 4) is 0 Å². The van der Waals surface area contributed by atoms with Crippen LogP contribution in [0.1, 0.15) is 0 Å². The molecule has 7 heavy (non-hydrogen) atoms. The van der Waals surface area contributed by atoms with Gasteiger partial charge in [0.15, 0.2) is 0 Å². The molecule has 0 saturated heterocycles. The standard InChI is InChI=1S/CH2O3.O2S/c2-1(3)4;1-3-2/h(H2,2,3,4);. The van der Waals surface area contributed by atoms with Crippen LogP contribution >= 0.6 is 0 Å². The van der Waals surface area contributed by atoms with Crippen LogP contribution in [-0.4, -0.2) is 24.8 Å². The van der Waals surface area contributed by atoms with Crippen molar-refractivity contribution in [1.82, 2.24) is 0 Å². The van der Waals surface area contributed by atoms with Gasteiger partial charge in [-0.3, -0.25) is 0 Å². The minimum Gasteiger partial charge on any atom is -0.450 e. The molecule has 0 aromatic carbocycles. The molecule has 42 valence electrons. The summed E-state index contributed by atoms with van der Waals surface area (Å²) in [7, 11) is 0. The van der Waals surface area contributed by atoms with Gasteiger partial charge in [0.25, 0.3) is 0 Å². The summed E-state index contributed by atoms with van der Waals surface area (Å²) in [5.74, 6) is 0. The highest BCUT2D eigenvalue weighted by Crippen LogP contribution is 1.42. The van der Waals surface area contributed by atoms with E-state index in [4.69, 9.17) is 23.4 Å². The van der Waals surface area contributed by atoms with Gasteiger partial charge in [-0.2, -0.15) is 8.42 Å². The summed E-state index contributed by atoms with van der Waals surface area (Å²) in [5, 5.41) is 13.9. The van der Waals surface area contributed by atoms with E-state index in [1.807, 2.05) is 0 Å². The number of carbonyl (C=O) groups is 1. The van der Waals surface area contributed by atoms with Gasteiger partial charge in [0.05, 0.1) is 0 Å². The zero-order valence-electron chi connectivity index (χ0n) is 3.03. The Morgan fingerprint density at radius 1 is 1.29 bits per heavy atom. The number of hydrogen-bond acceptors (Lipinski definition) is 3. The van der Waals surface area contributed by atoms with E-state index in [-0.39, 0.29) is 0 Å². The van der Waals surface area contributed by atoms with Crippen molar-refractivity contribution in [2.24, 2.45) is 0 Å². The second kappa shape index (κ2) is 8.92. The molecule has 2 N–H and O–H groups in total. The molecule has 0 aromatic heterocycles. The first kappa shape index (κ1) is 9.43. The second-order valence-corrected chi connectivity index (χ2v) is 0.487. The second-order valence-electron chi connectivity index (χ2n) is 0.351. The van der Waals surface area contributed by atoms with Gasteiger partial charge in [0, 0.05) is 0 Å². The zero-order chi connectivity index (χ0) is 6.28. The maximum absolute atomic E-state index is 8.56. The molecule has 0 atom stereocenters. The molecule has 0 radical (unpaired) electrons. The average molecular weight is 126 g/mol. The van der Waals surface area contributed by atoms with E-state index in [0.717, 1.165) is 0 Å². The summed E-state index contributed by atoms with van der Waals surface area (Å²) >= 11 is -0.750. The fraction of sp³-hybridized carbons (Fsp3) is 0. The minimum absolute atomic E-state index is 0.750. The van der Waals surface area contributed by atoms with Gasteiger partial charge in [-0.05, 0) is 0 Å². The molecule has 0 spiro atoms. The third-order valence-electron chi connectivity index (χ3n) is 0. The molecule has 0 rings (SSSR count). The van der Waals surface area contributed by atoms with Crippen LogP contribution in [0.25, 0.3) is 0 Å². The van der Waals surface area contributed by atoms with Gasteiger partial charge in [-0.25, -0.2) is 4.79 Å². The molecular formula is CH2O5S. The Hall–Kier alpha value is -0.910. The van der Waals surface area contributed by atoms with Crippen LogP contribution in [0.2, 0.25) is 0 Å². The van der Waals surface area contributed by atoms with Crippen molar-refractivity contribution in [3.63, 3.8) is 0 Å². The Kier molecular flexibility index (Phi) is 12.0. The summed E-state index contributed by atoms with van der Waals surface area (Å²) in [4.78, 5) is 8.56. The van der Waals surface area contributed by atoms with Gasteiger partial charge >= 0.3 is 17.7 Å². The lowest BCUT2D eigenvalue weighted by Gasteiger charge is -1.60. The molecule has 0 saturated carbocycles. The summed E-state index contributed by atoms with van der Waals surface area (Å²) in [6, 6.07) is 0. The van der Waals surface area contributed by atoms with Gasteiger partial charge in [-0.15, -0.1) is 0 Å². The molecule has 5 nitrogen and oxygen atoms in total. The lowest BCUT2D eigenvalue weighted by Crippen LogP contribution is -1.81. The molecular weight excluding hydrogens is 124 g/mol. The molecule has 0 heterocycles. The predicted molar refractivity (Wildman–Crippen MR) is 19.6 cm³/mol. The first-order valence-electron chi connectivity index (χ1n) is 0.985. The Labute approximate surface area is 42.2 Å². The van der Waals surface area contributed by atoms with Crippen LogP contribution in [0.15, 0.2) is 0 Å². The maximum Gasteiger partial charge on any atom is 0.503 e. The zero-order valence-corrected chi connectivity index (χ0v) is 3.84. The molecule has 0 aliphatic rings. The van der Waals surface area contributed by atoms with Gasteiger partial charge < -0.3 is 10.2 Å². The van der Waals surface area contributed by atoms with Crippen LogP contribution in [0, 0.1) is 0 Å². The van der Waals surface area contributed by atoms with E-state index in [0.29, 0.717) is 0 Å². The van der Waals surface area contributed by atoms with Crippen LogP contribution < -0.4 is 0 Å². The lowest BCUT2D eigenvalue weighted by atomic mass is 11.5. The average Bonchev–Trinajstić information content (AvgIpc) is 1.33. The van der Waals surface area contributed by atoms with E-state index < -0.39 is 17.7 Å². The quantitative estimate of drug-likeness (QED) is 0.458. The van der Waals surface area contributed by atoms with Crippen molar-refractivity contribution in [2.45, 2.75) is 0 Å². The third kappa shape index (κ3) is 58.7. The van der Waals surface area contributed by atoms with Crippen molar-refractivity contribution in [3.05, 3.63) is 0 Å². The van der Waals surface area contributed by atoms with Crippen LogP contribution in [0.4, 0.5) is 4.79 Å². The smallest absolute Gasteiger partial charge is 0.450 e. The van der Waals surface area contributed by atoms with E-state index in [1.165, 1.54) is 0 Å². The summed E-state index contributed by atoms with van der Waals surface area (Å²) in [6.07, 6.45) is -1.83. The van der Waals surface area contributed by atoms with Crippen molar-refractivity contribution in [1.29, 1.82) is 0 Å². The van der Waals surface area contributed by atoms with E-state index >= 15 is 0 Å². The van der Waals surface area contributed by atoms with Gasteiger partial charge in [-0.1, -0.05) is 0 Å². The van der Waals surface area contributed by atoms with Crippen LogP contribution in [0.3, 0.4) is 0 Å². The Bertz CT molecular complexity index is 76.1. The van der Waals surface area contributed by atoms with Crippen LogP contribution in [0.5, 0.6) is 0 Å². The lowest BCUT2D eigenvalue weighted by molar-refractivity contribution is 0.137. The predicted octanol–water partition coefficient (Wildman–Crippen LogP) is -0.448. The third-order valence-corrected chi connectivity index (χ3v) is 0. The Morgan fingerprint density at radius 3 is 1.29 bits per heavy atom. The van der Waals surface area contributed by atoms with Gasteiger partial charge in [0.1, 0.15) is 0 Å². The number of rotatable bonds is 0. The fourth-order valence-electron chi connectivity index (χ4n) is 0. The summed E-state index contributed by atoms with van der Waals surface area (Å²) in [6.45, 7) is 0. The highest BCUT2D eigenvalue weighted by atomic mass is 32.1. The van der Waals surface area contributed by atoms with E-state index in [9.17, 15) is 0 Å². The largest absolute Gasteiger partial charge is 0.503 e. The molecule has 0 aliphatic heterocycles. The van der Waals surface area contributed by atoms with Gasteiger partial charge in [0.2, 0.25) is 0 Å². The first-order valence-corrected chi connectivity index (χ1v) is 1.65. The molecule has 0 fully saturated rings. The molecule has 0 bridgehead atoms. The van der Waals surface area contributed by atoms with E-state index in [1.54, 1.807) is 0 Å². The Morgan fingerprint density at radius 2 is 1.29 bits per heavy atom. The van der Waals surface area contributed by atoms with E-state index in [2.05, 4.69) is 0 Å².